The van der Waals surface area contributed by atoms with E-state index in [1.165, 1.54) is 0 Å². The molecule has 2 aromatic rings. The molecule has 1 aromatic heterocycles. The Morgan fingerprint density at radius 1 is 1.39 bits per heavy atom. The number of nitrogens with zero attached hydrogens (tertiary/aromatic N) is 1. The number of fused-ring (bicyclic) bond motifs is 1. The standard InChI is InChI=1S/C13H14BrNO2S/c1-13(2,3)18(16)15-7-9-8-17-12-10(9)5-4-6-11(12)14/h4-8H,1-3H3/b15-7-. The van der Waals surface area contributed by atoms with Crippen LogP contribution in [0.3, 0.4) is 0 Å². The first-order chi connectivity index (χ1) is 8.39. The zero-order valence-electron chi connectivity index (χ0n) is 10.4. The molecule has 18 heavy (non-hydrogen) atoms. The van der Waals surface area contributed by atoms with Crippen molar-refractivity contribution in [3.8, 4) is 0 Å². The smallest absolute Gasteiger partial charge is 0.148 e. The minimum Gasteiger partial charge on any atom is -0.591 e. The SMILES string of the molecule is CC(C)(C)[S+]([O-])/N=C\c1coc2c(Br)cccc12. The first-order valence-electron chi connectivity index (χ1n) is 5.51. The van der Waals surface area contributed by atoms with Gasteiger partial charge in [-0.15, -0.1) is 0 Å². The van der Waals surface area contributed by atoms with Crippen molar-refractivity contribution < 1.29 is 8.97 Å². The fourth-order valence-electron chi connectivity index (χ4n) is 1.40. The number of halogens is 1. The first kappa shape index (κ1) is 13.6. The summed E-state index contributed by atoms with van der Waals surface area (Å²) in [7, 11) is 0. The Kier molecular flexibility index (Phi) is 3.84. The van der Waals surface area contributed by atoms with Gasteiger partial charge in [0.25, 0.3) is 0 Å². The summed E-state index contributed by atoms with van der Waals surface area (Å²) in [5, 5.41) is 0.957. The van der Waals surface area contributed by atoms with Crippen molar-refractivity contribution in [1.29, 1.82) is 0 Å². The molecule has 0 bridgehead atoms. The number of hydrogen-bond acceptors (Lipinski definition) is 3. The molecule has 96 valence electrons. The third-order valence-electron chi connectivity index (χ3n) is 2.39. The van der Waals surface area contributed by atoms with Crippen LogP contribution in [0.2, 0.25) is 0 Å². The number of hydrogen-bond donors (Lipinski definition) is 0. The molecule has 0 saturated heterocycles. The molecule has 0 aliphatic heterocycles. The van der Waals surface area contributed by atoms with Crippen LogP contribution >= 0.6 is 15.9 Å². The Morgan fingerprint density at radius 2 is 2.11 bits per heavy atom. The van der Waals surface area contributed by atoms with Crippen molar-refractivity contribution in [3.05, 3.63) is 34.5 Å². The van der Waals surface area contributed by atoms with E-state index in [1.807, 2.05) is 39.0 Å². The number of benzene rings is 1. The molecule has 1 unspecified atom stereocenters. The van der Waals surface area contributed by atoms with E-state index in [1.54, 1.807) is 12.5 Å². The highest BCUT2D eigenvalue weighted by molar-refractivity contribution is 9.10. The molecule has 1 atom stereocenters. The third kappa shape index (κ3) is 2.79. The van der Waals surface area contributed by atoms with E-state index in [0.717, 1.165) is 21.0 Å². The van der Waals surface area contributed by atoms with Gasteiger partial charge in [-0.3, -0.25) is 0 Å². The summed E-state index contributed by atoms with van der Waals surface area (Å²) >= 11 is 2.17. The second-order valence-corrected chi connectivity index (χ2v) is 7.69. The van der Waals surface area contributed by atoms with E-state index in [4.69, 9.17) is 4.42 Å². The lowest BCUT2D eigenvalue weighted by Gasteiger charge is -2.17. The van der Waals surface area contributed by atoms with E-state index < -0.39 is 11.4 Å². The molecule has 0 spiro atoms. The fourth-order valence-corrected chi connectivity index (χ4v) is 2.39. The van der Waals surface area contributed by atoms with Crippen LogP contribution in [0.1, 0.15) is 26.3 Å². The second-order valence-electron chi connectivity index (χ2n) is 4.90. The second kappa shape index (κ2) is 5.07. The van der Waals surface area contributed by atoms with E-state index in [0.29, 0.717) is 0 Å². The maximum atomic E-state index is 11.8. The summed E-state index contributed by atoms with van der Waals surface area (Å²) in [6, 6.07) is 5.80. The molecule has 0 N–H and O–H groups in total. The predicted molar refractivity (Wildman–Crippen MR) is 79.4 cm³/mol. The van der Waals surface area contributed by atoms with Gasteiger partial charge in [0.15, 0.2) is 0 Å². The zero-order valence-corrected chi connectivity index (χ0v) is 12.8. The van der Waals surface area contributed by atoms with Gasteiger partial charge in [0.05, 0.1) is 10.7 Å². The topological polar surface area (TPSA) is 48.6 Å². The van der Waals surface area contributed by atoms with Gasteiger partial charge < -0.3 is 8.97 Å². The van der Waals surface area contributed by atoms with Crippen molar-refractivity contribution >= 4 is 44.5 Å². The summed E-state index contributed by atoms with van der Waals surface area (Å²) in [6.45, 7) is 5.68. The summed E-state index contributed by atoms with van der Waals surface area (Å²) in [5.41, 5.74) is 1.62. The molecule has 2 rings (SSSR count). The Hall–Kier alpha value is -0.780. The summed E-state index contributed by atoms with van der Waals surface area (Å²) in [6.07, 6.45) is 3.23. The third-order valence-corrected chi connectivity index (χ3v) is 4.36. The Balaban J connectivity index is 2.33. The van der Waals surface area contributed by atoms with E-state index in [-0.39, 0.29) is 4.75 Å². The van der Waals surface area contributed by atoms with Crippen molar-refractivity contribution in [2.24, 2.45) is 4.40 Å². The lowest BCUT2D eigenvalue weighted by Crippen LogP contribution is -2.25. The van der Waals surface area contributed by atoms with E-state index >= 15 is 0 Å². The van der Waals surface area contributed by atoms with Gasteiger partial charge in [0, 0.05) is 10.9 Å². The largest absolute Gasteiger partial charge is 0.591 e. The van der Waals surface area contributed by atoms with E-state index in [2.05, 4.69) is 20.3 Å². The molecule has 5 heteroatoms. The average Bonchev–Trinajstić information content (AvgIpc) is 2.69. The lowest BCUT2D eigenvalue weighted by atomic mass is 10.2. The zero-order chi connectivity index (χ0) is 13.3. The van der Waals surface area contributed by atoms with Crippen LogP contribution in [0.15, 0.2) is 37.7 Å². The highest BCUT2D eigenvalue weighted by Crippen LogP contribution is 2.27. The molecular weight excluding hydrogens is 314 g/mol. The molecule has 0 radical (unpaired) electrons. The van der Waals surface area contributed by atoms with Gasteiger partial charge in [0.2, 0.25) is 0 Å². The van der Waals surface area contributed by atoms with Crippen LogP contribution in [0.4, 0.5) is 0 Å². The van der Waals surface area contributed by atoms with E-state index in [9.17, 15) is 4.55 Å². The van der Waals surface area contributed by atoms with Gasteiger partial charge in [0.1, 0.15) is 28.0 Å². The lowest BCUT2D eigenvalue weighted by molar-refractivity contribution is 0.562. The van der Waals surface area contributed by atoms with Gasteiger partial charge in [-0.2, -0.15) is 0 Å². The first-order valence-corrected chi connectivity index (χ1v) is 7.41. The van der Waals surface area contributed by atoms with Crippen molar-refractivity contribution in [3.63, 3.8) is 0 Å². The highest BCUT2D eigenvalue weighted by atomic mass is 79.9. The van der Waals surface area contributed by atoms with Crippen molar-refractivity contribution in [2.45, 2.75) is 25.5 Å². The summed E-state index contributed by atoms with van der Waals surface area (Å²) < 4.78 is 21.9. The van der Waals surface area contributed by atoms with Gasteiger partial charge in [-0.05, 0) is 42.8 Å². The molecule has 0 aliphatic carbocycles. The molecule has 0 aliphatic rings. The van der Waals surface area contributed by atoms with Crippen LogP contribution in [0.5, 0.6) is 0 Å². The number of para-hydroxylation sites is 1. The molecule has 0 fully saturated rings. The van der Waals surface area contributed by atoms with Crippen molar-refractivity contribution in [1.82, 2.24) is 0 Å². The molecular formula is C13H14BrNO2S. The summed E-state index contributed by atoms with van der Waals surface area (Å²) in [5.74, 6) is 0. The highest BCUT2D eigenvalue weighted by Gasteiger charge is 2.25. The van der Waals surface area contributed by atoms with Crippen molar-refractivity contribution in [2.75, 3.05) is 0 Å². The normalized spacial score (nSPS) is 14.5. The van der Waals surface area contributed by atoms with Crippen LogP contribution in [0, 0.1) is 0 Å². The summed E-state index contributed by atoms with van der Waals surface area (Å²) in [4.78, 5) is 0. The maximum Gasteiger partial charge on any atom is 0.148 e. The van der Waals surface area contributed by atoms with Gasteiger partial charge in [-0.1, -0.05) is 16.5 Å². The number of rotatable bonds is 2. The van der Waals surface area contributed by atoms with Gasteiger partial charge >= 0.3 is 0 Å². The monoisotopic (exact) mass is 327 g/mol. The predicted octanol–water partition coefficient (Wildman–Crippen LogP) is 4.08. The molecule has 3 nitrogen and oxygen atoms in total. The van der Waals surface area contributed by atoms with Crippen LogP contribution in [0.25, 0.3) is 11.0 Å². The van der Waals surface area contributed by atoms with Crippen LogP contribution < -0.4 is 0 Å². The van der Waals surface area contributed by atoms with Crippen LogP contribution in [-0.2, 0) is 11.4 Å². The Bertz CT molecular complexity index is 586. The quantitative estimate of drug-likeness (QED) is 0.616. The minimum absolute atomic E-state index is 0.351. The molecule has 0 amide bonds. The molecule has 1 aromatic carbocycles. The average molecular weight is 328 g/mol. The molecule has 0 saturated carbocycles. The Morgan fingerprint density at radius 3 is 2.78 bits per heavy atom. The van der Waals surface area contributed by atoms with Gasteiger partial charge in [-0.25, -0.2) is 0 Å². The fraction of sp³-hybridized carbons (Fsp3) is 0.308. The minimum atomic E-state index is -1.25. The molecule has 1 heterocycles. The van der Waals surface area contributed by atoms with Crippen LogP contribution in [-0.4, -0.2) is 15.5 Å². The Labute approximate surface area is 118 Å². The number of furan rings is 1. The maximum absolute atomic E-state index is 11.8.